The minimum absolute atomic E-state index is 0.0231. The average Bonchev–Trinajstić information content (AvgIpc) is 3.29. The van der Waals surface area contributed by atoms with Gasteiger partial charge >= 0.3 is 0 Å². The predicted molar refractivity (Wildman–Crippen MR) is 106 cm³/mol. The Bertz CT molecular complexity index is 823. The van der Waals surface area contributed by atoms with Crippen molar-refractivity contribution in [3.63, 3.8) is 0 Å². The Kier molecular flexibility index (Phi) is 6.14. The van der Waals surface area contributed by atoms with Crippen molar-refractivity contribution >= 4 is 34.7 Å². The van der Waals surface area contributed by atoms with Crippen molar-refractivity contribution in [2.75, 3.05) is 6.54 Å². The third kappa shape index (κ3) is 5.37. The SMILES string of the molecule is Cc1nc(/C=C\C(=O)N(CCc2ccccc2)Cc2cccs2)cs1. The van der Waals surface area contributed by atoms with Crippen molar-refractivity contribution in [3.8, 4) is 0 Å². The van der Waals surface area contributed by atoms with Gasteiger partial charge in [-0.2, -0.15) is 0 Å². The van der Waals surface area contributed by atoms with E-state index >= 15 is 0 Å². The molecule has 0 aliphatic heterocycles. The summed E-state index contributed by atoms with van der Waals surface area (Å²) in [6.45, 7) is 3.30. The van der Waals surface area contributed by atoms with Gasteiger partial charge in [0.2, 0.25) is 5.91 Å². The van der Waals surface area contributed by atoms with E-state index in [1.807, 2.05) is 46.8 Å². The van der Waals surface area contributed by atoms with Crippen molar-refractivity contribution < 1.29 is 4.79 Å². The van der Waals surface area contributed by atoms with Gasteiger partial charge in [0.1, 0.15) is 0 Å². The number of rotatable bonds is 7. The summed E-state index contributed by atoms with van der Waals surface area (Å²) in [5.74, 6) is 0.0231. The molecule has 0 fully saturated rings. The highest BCUT2D eigenvalue weighted by atomic mass is 32.1. The molecular formula is C20H20N2OS2. The van der Waals surface area contributed by atoms with Gasteiger partial charge in [0.05, 0.1) is 17.2 Å². The molecule has 0 unspecified atom stereocenters. The Morgan fingerprint density at radius 1 is 1.16 bits per heavy atom. The largest absolute Gasteiger partial charge is 0.334 e. The summed E-state index contributed by atoms with van der Waals surface area (Å²) in [7, 11) is 0. The highest BCUT2D eigenvalue weighted by Crippen LogP contribution is 2.14. The van der Waals surface area contributed by atoms with Crippen LogP contribution in [-0.4, -0.2) is 22.3 Å². The molecule has 0 N–H and O–H groups in total. The van der Waals surface area contributed by atoms with E-state index in [0.29, 0.717) is 13.1 Å². The molecule has 3 rings (SSSR count). The van der Waals surface area contributed by atoms with E-state index in [0.717, 1.165) is 17.1 Å². The lowest BCUT2D eigenvalue weighted by Gasteiger charge is -2.20. The first-order valence-corrected chi connectivity index (χ1v) is 9.92. The third-order valence-electron chi connectivity index (χ3n) is 3.79. The fourth-order valence-corrected chi connectivity index (χ4v) is 3.79. The van der Waals surface area contributed by atoms with Crippen LogP contribution in [0.25, 0.3) is 6.08 Å². The average molecular weight is 369 g/mol. The summed E-state index contributed by atoms with van der Waals surface area (Å²) in [5.41, 5.74) is 2.08. The molecule has 0 aliphatic rings. The summed E-state index contributed by atoms with van der Waals surface area (Å²) in [6.07, 6.45) is 4.28. The molecule has 3 nitrogen and oxygen atoms in total. The number of hydrogen-bond donors (Lipinski definition) is 0. The first-order chi connectivity index (χ1) is 12.2. The maximum absolute atomic E-state index is 12.7. The van der Waals surface area contributed by atoms with E-state index in [1.54, 1.807) is 34.8 Å². The minimum Gasteiger partial charge on any atom is -0.334 e. The summed E-state index contributed by atoms with van der Waals surface area (Å²) in [5, 5.41) is 5.02. The number of benzene rings is 1. The molecular weight excluding hydrogens is 348 g/mol. The number of hydrogen-bond acceptors (Lipinski definition) is 4. The van der Waals surface area contributed by atoms with Crippen molar-refractivity contribution in [1.82, 2.24) is 9.88 Å². The monoisotopic (exact) mass is 368 g/mol. The van der Waals surface area contributed by atoms with Gasteiger partial charge in [-0.25, -0.2) is 4.98 Å². The van der Waals surface area contributed by atoms with Crippen LogP contribution in [0.15, 0.2) is 59.3 Å². The van der Waals surface area contributed by atoms with Crippen molar-refractivity contribution in [3.05, 3.63) is 80.4 Å². The van der Waals surface area contributed by atoms with E-state index in [4.69, 9.17) is 0 Å². The Morgan fingerprint density at radius 2 is 2.00 bits per heavy atom. The second kappa shape index (κ2) is 8.74. The lowest BCUT2D eigenvalue weighted by atomic mass is 10.1. The highest BCUT2D eigenvalue weighted by Gasteiger charge is 2.12. The van der Waals surface area contributed by atoms with E-state index in [2.05, 4.69) is 23.2 Å². The Hall–Kier alpha value is -2.24. The lowest BCUT2D eigenvalue weighted by molar-refractivity contribution is -0.126. The van der Waals surface area contributed by atoms with Crippen molar-refractivity contribution in [2.45, 2.75) is 19.9 Å². The number of nitrogens with zero attached hydrogens (tertiary/aromatic N) is 2. The number of thiophene rings is 1. The van der Waals surface area contributed by atoms with E-state index < -0.39 is 0 Å². The first kappa shape index (κ1) is 17.6. The number of amides is 1. The van der Waals surface area contributed by atoms with Crippen LogP contribution in [0.5, 0.6) is 0 Å². The van der Waals surface area contributed by atoms with Crippen LogP contribution in [0, 0.1) is 6.92 Å². The van der Waals surface area contributed by atoms with Crippen molar-refractivity contribution in [1.29, 1.82) is 0 Å². The standard InChI is InChI=1S/C20H20N2OS2/c1-16-21-18(15-25-16)9-10-20(23)22(14-19-8-5-13-24-19)12-11-17-6-3-2-4-7-17/h2-10,13,15H,11-12,14H2,1H3/b10-9-. The van der Waals surface area contributed by atoms with E-state index in [1.165, 1.54) is 10.4 Å². The molecule has 0 aliphatic carbocycles. The topological polar surface area (TPSA) is 33.2 Å². The molecule has 0 atom stereocenters. The highest BCUT2D eigenvalue weighted by molar-refractivity contribution is 7.10. The summed E-state index contributed by atoms with van der Waals surface area (Å²) in [4.78, 5) is 20.2. The lowest BCUT2D eigenvalue weighted by Crippen LogP contribution is -2.30. The fourth-order valence-electron chi connectivity index (χ4n) is 2.49. The molecule has 128 valence electrons. The van der Waals surface area contributed by atoms with Gasteiger partial charge in [-0.05, 0) is 36.4 Å². The van der Waals surface area contributed by atoms with Crippen LogP contribution in [0.2, 0.25) is 0 Å². The molecule has 0 saturated heterocycles. The molecule has 5 heteroatoms. The molecule has 0 radical (unpaired) electrons. The maximum Gasteiger partial charge on any atom is 0.246 e. The number of aromatic nitrogens is 1. The van der Waals surface area contributed by atoms with Gasteiger partial charge < -0.3 is 4.90 Å². The van der Waals surface area contributed by atoms with Crippen LogP contribution in [0.1, 0.15) is 21.1 Å². The number of carbonyl (C=O) groups excluding carboxylic acids is 1. The van der Waals surface area contributed by atoms with Crippen LogP contribution >= 0.6 is 22.7 Å². The van der Waals surface area contributed by atoms with Gasteiger partial charge in [0.15, 0.2) is 0 Å². The van der Waals surface area contributed by atoms with Gasteiger partial charge in [-0.3, -0.25) is 4.79 Å². The molecule has 0 bridgehead atoms. The molecule has 0 spiro atoms. The van der Waals surface area contributed by atoms with Gasteiger partial charge in [0.25, 0.3) is 0 Å². The molecule has 25 heavy (non-hydrogen) atoms. The minimum atomic E-state index is 0.0231. The van der Waals surface area contributed by atoms with Crippen LogP contribution in [0.4, 0.5) is 0 Å². The third-order valence-corrected chi connectivity index (χ3v) is 5.44. The number of carbonyl (C=O) groups is 1. The Labute approximate surface area is 156 Å². The zero-order chi connectivity index (χ0) is 17.5. The normalized spacial score (nSPS) is 11.1. The Balaban J connectivity index is 1.68. The zero-order valence-corrected chi connectivity index (χ0v) is 15.7. The van der Waals surface area contributed by atoms with Crippen LogP contribution in [-0.2, 0) is 17.8 Å². The maximum atomic E-state index is 12.7. The van der Waals surface area contributed by atoms with Gasteiger partial charge in [-0.1, -0.05) is 36.4 Å². The molecule has 1 aromatic carbocycles. The quantitative estimate of drug-likeness (QED) is 0.561. The smallest absolute Gasteiger partial charge is 0.246 e. The molecule has 0 saturated carbocycles. The first-order valence-electron chi connectivity index (χ1n) is 8.16. The molecule has 1 amide bonds. The van der Waals surface area contributed by atoms with E-state index in [-0.39, 0.29) is 5.91 Å². The van der Waals surface area contributed by atoms with E-state index in [9.17, 15) is 4.79 Å². The van der Waals surface area contributed by atoms with Crippen molar-refractivity contribution in [2.24, 2.45) is 0 Å². The number of thiazole rings is 1. The molecule has 2 heterocycles. The summed E-state index contributed by atoms with van der Waals surface area (Å²) in [6, 6.07) is 14.4. The van der Waals surface area contributed by atoms with Crippen LogP contribution < -0.4 is 0 Å². The fraction of sp³-hybridized carbons (Fsp3) is 0.200. The summed E-state index contributed by atoms with van der Waals surface area (Å²) < 4.78 is 0. The molecule has 2 aromatic heterocycles. The van der Waals surface area contributed by atoms with Crippen LogP contribution in [0.3, 0.4) is 0 Å². The Morgan fingerprint density at radius 3 is 2.68 bits per heavy atom. The molecule has 3 aromatic rings. The predicted octanol–water partition coefficient (Wildman–Crippen LogP) is 4.80. The zero-order valence-electron chi connectivity index (χ0n) is 14.1. The second-order valence-corrected chi connectivity index (χ2v) is 7.79. The van der Waals surface area contributed by atoms with Gasteiger partial charge in [0, 0.05) is 22.9 Å². The summed E-state index contributed by atoms with van der Waals surface area (Å²) >= 11 is 3.27. The second-order valence-electron chi connectivity index (χ2n) is 5.70. The van der Waals surface area contributed by atoms with Gasteiger partial charge in [-0.15, -0.1) is 22.7 Å². The number of aryl methyl sites for hydroxylation is 1.